The third-order valence-electron chi connectivity index (χ3n) is 5.85. The topological polar surface area (TPSA) is 41.1 Å². The molecule has 1 amide bonds. The average Bonchev–Trinajstić information content (AvgIpc) is 2.50. The minimum atomic E-state index is 0.118. The number of carbonyl (C=O) groups excluding carboxylic acids is 1. The molecular formula is C18H23ClN2O. The summed E-state index contributed by atoms with van der Waals surface area (Å²) in [5.41, 5.74) is 0.935. The van der Waals surface area contributed by atoms with Gasteiger partial charge < -0.3 is 10.6 Å². The first-order chi connectivity index (χ1) is 10.7. The summed E-state index contributed by atoms with van der Waals surface area (Å²) < 4.78 is 0. The van der Waals surface area contributed by atoms with Gasteiger partial charge >= 0.3 is 0 Å². The molecule has 0 spiro atoms. The second kappa shape index (κ2) is 5.77. The van der Waals surface area contributed by atoms with Crippen LogP contribution in [-0.4, -0.2) is 18.5 Å². The summed E-state index contributed by atoms with van der Waals surface area (Å²) in [4.78, 5) is 12.3. The minimum absolute atomic E-state index is 0.118. The first-order valence-electron chi connectivity index (χ1n) is 8.46. The predicted molar refractivity (Wildman–Crippen MR) is 88.9 cm³/mol. The van der Waals surface area contributed by atoms with Crippen LogP contribution in [0.15, 0.2) is 24.3 Å². The zero-order valence-corrected chi connectivity index (χ0v) is 13.5. The van der Waals surface area contributed by atoms with Crippen molar-refractivity contribution in [3.8, 4) is 0 Å². The maximum absolute atomic E-state index is 12.3. The number of benzene rings is 1. The number of halogens is 1. The van der Waals surface area contributed by atoms with Crippen molar-refractivity contribution in [2.75, 3.05) is 11.9 Å². The van der Waals surface area contributed by atoms with Crippen LogP contribution in [0, 0.1) is 23.7 Å². The van der Waals surface area contributed by atoms with Gasteiger partial charge in [0.15, 0.2) is 0 Å². The second-order valence-electron chi connectivity index (χ2n) is 7.38. The van der Waals surface area contributed by atoms with E-state index in [2.05, 4.69) is 10.6 Å². The summed E-state index contributed by atoms with van der Waals surface area (Å²) in [6.45, 7) is 0.338. The second-order valence-corrected chi connectivity index (χ2v) is 7.82. The number of anilines is 1. The molecule has 4 saturated carbocycles. The van der Waals surface area contributed by atoms with Crippen LogP contribution in [0.25, 0.3) is 0 Å². The number of carbonyl (C=O) groups is 1. The molecule has 22 heavy (non-hydrogen) atoms. The van der Waals surface area contributed by atoms with E-state index in [0.29, 0.717) is 17.6 Å². The molecule has 0 aromatic heterocycles. The van der Waals surface area contributed by atoms with E-state index in [1.807, 2.05) is 24.3 Å². The fourth-order valence-corrected chi connectivity index (χ4v) is 5.27. The van der Waals surface area contributed by atoms with Gasteiger partial charge in [-0.3, -0.25) is 4.79 Å². The first-order valence-corrected chi connectivity index (χ1v) is 8.84. The van der Waals surface area contributed by atoms with E-state index in [-0.39, 0.29) is 5.91 Å². The van der Waals surface area contributed by atoms with Gasteiger partial charge in [-0.25, -0.2) is 0 Å². The fourth-order valence-electron chi connectivity index (χ4n) is 5.15. The van der Waals surface area contributed by atoms with Gasteiger partial charge in [0.2, 0.25) is 5.91 Å². The summed E-state index contributed by atoms with van der Waals surface area (Å²) in [5, 5.41) is 7.20. The van der Waals surface area contributed by atoms with Gasteiger partial charge in [-0.15, -0.1) is 0 Å². The zero-order valence-electron chi connectivity index (χ0n) is 12.7. The normalized spacial score (nSPS) is 35.4. The van der Waals surface area contributed by atoms with Gasteiger partial charge in [0.05, 0.1) is 6.54 Å². The largest absolute Gasteiger partial charge is 0.376 e. The zero-order chi connectivity index (χ0) is 15.1. The van der Waals surface area contributed by atoms with Crippen molar-refractivity contribution in [2.45, 2.75) is 38.1 Å². The van der Waals surface area contributed by atoms with Crippen LogP contribution >= 0.6 is 11.6 Å². The molecule has 5 rings (SSSR count). The van der Waals surface area contributed by atoms with Crippen LogP contribution in [0.5, 0.6) is 0 Å². The quantitative estimate of drug-likeness (QED) is 0.889. The van der Waals surface area contributed by atoms with E-state index in [1.54, 1.807) is 0 Å². The van der Waals surface area contributed by atoms with Gasteiger partial charge in [-0.2, -0.15) is 0 Å². The SMILES string of the molecule is O=C(CNc1ccc(Cl)cc1)NC1C2CC3CC(C2)CC1C3. The lowest BCUT2D eigenvalue weighted by atomic mass is 9.54. The highest BCUT2D eigenvalue weighted by Gasteiger charge is 2.48. The summed E-state index contributed by atoms with van der Waals surface area (Å²) in [7, 11) is 0. The third kappa shape index (κ3) is 2.83. The molecule has 0 heterocycles. The van der Waals surface area contributed by atoms with E-state index in [4.69, 9.17) is 11.6 Å². The van der Waals surface area contributed by atoms with Crippen molar-refractivity contribution in [3.05, 3.63) is 29.3 Å². The van der Waals surface area contributed by atoms with Gasteiger partial charge in [0.25, 0.3) is 0 Å². The molecule has 0 radical (unpaired) electrons. The lowest BCUT2D eigenvalue weighted by Gasteiger charge is -2.54. The van der Waals surface area contributed by atoms with Crippen molar-refractivity contribution in [2.24, 2.45) is 23.7 Å². The average molecular weight is 319 g/mol. The van der Waals surface area contributed by atoms with E-state index in [1.165, 1.54) is 32.1 Å². The number of hydrogen-bond donors (Lipinski definition) is 2. The van der Waals surface area contributed by atoms with Crippen molar-refractivity contribution in [3.63, 3.8) is 0 Å². The molecule has 4 aliphatic rings. The summed E-state index contributed by atoms with van der Waals surface area (Å²) in [6, 6.07) is 7.89. The van der Waals surface area contributed by atoms with Gasteiger partial charge in [-0.05, 0) is 80.0 Å². The van der Waals surface area contributed by atoms with Crippen LogP contribution in [0.2, 0.25) is 5.02 Å². The molecule has 4 heteroatoms. The third-order valence-corrected chi connectivity index (χ3v) is 6.10. The standard InChI is InChI=1S/C18H23ClN2O/c19-15-1-3-16(4-2-15)20-10-17(22)21-18-13-6-11-5-12(8-13)9-14(18)7-11/h1-4,11-14,18,20H,5-10H2,(H,21,22). The summed E-state index contributed by atoms with van der Waals surface area (Å²) in [6.07, 6.45) is 6.79. The highest BCUT2D eigenvalue weighted by Crippen LogP contribution is 2.53. The van der Waals surface area contributed by atoms with Crippen LogP contribution in [-0.2, 0) is 4.79 Å². The Morgan fingerprint density at radius 2 is 1.59 bits per heavy atom. The number of rotatable bonds is 4. The highest BCUT2D eigenvalue weighted by atomic mass is 35.5. The van der Waals surface area contributed by atoms with Crippen molar-refractivity contribution in [1.82, 2.24) is 5.32 Å². The Morgan fingerprint density at radius 3 is 2.18 bits per heavy atom. The molecular weight excluding hydrogens is 296 g/mol. The molecule has 0 unspecified atom stereocenters. The first kappa shape index (κ1) is 14.4. The van der Waals surface area contributed by atoms with E-state index >= 15 is 0 Å². The number of amides is 1. The molecule has 2 N–H and O–H groups in total. The van der Waals surface area contributed by atoms with Crippen LogP contribution in [0.3, 0.4) is 0 Å². The number of nitrogens with one attached hydrogen (secondary N) is 2. The Labute approximate surface area is 136 Å². The van der Waals surface area contributed by atoms with Crippen molar-refractivity contribution < 1.29 is 4.79 Å². The molecule has 0 atom stereocenters. The summed E-state index contributed by atoms with van der Waals surface area (Å²) in [5.74, 6) is 3.48. The maximum Gasteiger partial charge on any atom is 0.239 e. The van der Waals surface area contributed by atoms with Crippen LogP contribution in [0.4, 0.5) is 5.69 Å². The lowest BCUT2D eigenvalue weighted by molar-refractivity contribution is -0.123. The van der Waals surface area contributed by atoms with Crippen LogP contribution in [0.1, 0.15) is 32.1 Å². The molecule has 0 saturated heterocycles. The van der Waals surface area contributed by atoms with Gasteiger partial charge in [0.1, 0.15) is 0 Å². The molecule has 1 aromatic carbocycles. The molecule has 118 valence electrons. The van der Waals surface area contributed by atoms with Crippen molar-refractivity contribution >= 4 is 23.2 Å². The molecule has 1 aromatic rings. The Balaban J connectivity index is 1.31. The van der Waals surface area contributed by atoms with E-state index in [9.17, 15) is 4.79 Å². The highest BCUT2D eigenvalue weighted by molar-refractivity contribution is 6.30. The Kier molecular flexibility index (Phi) is 3.77. The van der Waals surface area contributed by atoms with Gasteiger partial charge in [-0.1, -0.05) is 11.6 Å². The molecule has 0 aliphatic heterocycles. The smallest absolute Gasteiger partial charge is 0.239 e. The lowest BCUT2D eigenvalue weighted by Crippen LogP contribution is -2.56. The summed E-state index contributed by atoms with van der Waals surface area (Å²) >= 11 is 5.87. The molecule has 4 aliphatic carbocycles. The molecule has 3 nitrogen and oxygen atoms in total. The fraction of sp³-hybridized carbons (Fsp3) is 0.611. The Morgan fingerprint density at radius 1 is 1.00 bits per heavy atom. The Bertz CT molecular complexity index is 529. The number of hydrogen-bond acceptors (Lipinski definition) is 2. The van der Waals surface area contributed by atoms with Crippen molar-refractivity contribution in [1.29, 1.82) is 0 Å². The maximum atomic E-state index is 12.3. The van der Waals surface area contributed by atoms with Crippen LogP contribution < -0.4 is 10.6 Å². The predicted octanol–water partition coefficient (Wildman–Crippen LogP) is 3.69. The molecule has 4 fully saturated rings. The monoisotopic (exact) mass is 318 g/mol. The van der Waals surface area contributed by atoms with E-state index in [0.717, 1.165) is 29.4 Å². The van der Waals surface area contributed by atoms with E-state index < -0.39 is 0 Å². The van der Waals surface area contributed by atoms with Gasteiger partial charge in [0, 0.05) is 16.8 Å². The molecule has 4 bridgehead atoms. The minimum Gasteiger partial charge on any atom is -0.376 e. The Hall–Kier alpha value is -1.22.